The van der Waals surface area contributed by atoms with Gasteiger partial charge in [-0.05, 0) is 29.2 Å². The molecule has 3 atom stereocenters. The van der Waals surface area contributed by atoms with Crippen LogP contribution in [0.25, 0.3) is 0 Å². The standard InChI is InChI=1S/C21H19N5O2/c1-13(2)26-18(17-15-8-9-16(10-15)21(17,11-22)12-23)20(28-25-26)24-19(27)14-6-4-3-5-7-14/h3-9,13,15-17H,10H2,1-2H3/p+1. The van der Waals surface area contributed by atoms with Crippen LogP contribution in [-0.2, 0) is 0 Å². The molecule has 2 aliphatic rings. The average molecular weight is 374 g/mol. The molecule has 2 bridgehead atoms. The number of rotatable bonds is 4. The predicted octanol–water partition coefficient (Wildman–Crippen LogP) is 3.12. The highest BCUT2D eigenvalue weighted by Crippen LogP contribution is 2.60. The molecular weight excluding hydrogens is 354 g/mol. The number of aromatic nitrogens is 2. The van der Waals surface area contributed by atoms with Crippen LogP contribution in [0, 0.1) is 39.9 Å². The second kappa shape index (κ2) is 6.61. The molecule has 0 aliphatic heterocycles. The molecule has 1 fully saturated rings. The van der Waals surface area contributed by atoms with Crippen LogP contribution in [0.4, 0.5) is 5.88 Å². The van der Waals surface area contributed by atoms with Gasteiger partial charge in [-0.1, -0.05) is 30.4 Å². The number of hydrogen-bond donors (Lipinski definition) is 1. The first-order valence-electron chi connectivity index (χ1n) is 9.30. The highest BCUT2D eigenvalue weighted by atomic mass is 16.5. The van der Waals surface area contributed by atoms with Gasteiger partial charge in [0.25, 0.3) is 11.6 Å². The van der Waals surface area contributed by atoms with Crippen LogP contribution < -0.4 is 10.00 Å². The summed E-state index contributed by atoms with van der Waals surface area (Å²) in [6.07, 6.45) is 4.76. The molecule has 4 rings (SSSR count). The average Bonchev–Trinajstić information content (AvgIpc) is 3.41. The van der Waals surface area contributed by atoms with E-state index < -0.39 is 11.3 Å². The molecule has 28 heavy (non-hydrogen) atoms. The van der Waals surface area contributed by atoms with Gasteiger partial charge < -0.3 is 0 Å². The zero-order valence-electron chi connectivity index (χ0n) is 15.7. The number of amides is 1. The van der Waals surface area contributed by atoms with E-state index in [1.165, 1.54) is 0 Å². The summed E-state index contributed by atoms with van der Waals surface area (Å²) in [5, 5.41) is 26.8. The lowest BCUT2D eigenvalue weighted by Crippen LogP contribution is -2.46. The molecule has 7 heteroatoms. The van der Waals surface area contributed by atoms with Crippen molar-refractivity contribution in [1.82, 2.24) is 5.27 Å². The van der Waals surface area contributed by atoms with Crippen LogP contribution in [0.2, 0.25) is 0 Å². The maximum absolute atomic E-state index is 12.7. The minimum atomic E-state index is -1.20. The fraction of sp³-hybridized carbons (Fsp3) is 0.381. The molecule has 3 unspecified atom stereocenters. The van der Waals surface area contributed by atoms with E-state index in [9.17, 15) is 15.3 Å². The van der Waals surface area contributed by atoms with Crippen molar-refractivity contribution >= 4 is 11.8 Å². The Labute approximate surface area is 162 Å². The molecule has 0 saturated heterocycles. The maximum atomic E-state index is 12.7. The van der Waals surface area contributed by atoms with Gasteiger partial charge in [0.05, 0.1) is 18.1 Å². The molecule has 7 nitrogen and oxygen atoms in total. The van der Waals surface area contributed by atoms with Crippen molar-refractivity contribution < 1.29 is 14.0 Å². The highest BCUT2D eigenvalue weighted by Gasteiger charge is 2.63. The lowest BCUT2D eigenvalue weighted by molar-refractivity contribution is -0.786. The lowest BCUT2D eigenvalue weighted by atomic mass is 9.69. The van der Waals surface area contributed by atoms with Crippen LogP contribution in [0.3, 0.4) is 0 Å². The van der Waals surface area contributed by atoms with E-state index in [-0.39, 0.29) is 29.7 Å². The van der Waals surface area contributed by atoms with Crippen molar-refractivity contribution in [3.63, 3.8) is 0 Å². The molecule has 0 radical (unpaired) electrons. The highest BCUT2D eigenvalue weighted by molar-refractivity contribution is 6.03. The molecule has 2 aliphatic carbocycles. The smallest absolute Gasteiger partial charge is 0.285 e. The molecule has 0 spiro atoms. The zero-order valence-corrected chi connectivity index (χ0v) is 15.7. The van der Waals surface area contributed by atoms with E-state index >= 15 is 0 Å². The molecular formula is C21H20N5O2+. The first-order chi connectivity index (χ1) is 13.5. The molecule has 1 heterocycles. The number of carbonyl (C=O) groups excluding carboxylic acids is 1. The second-order valence-corrected chi connectivity index (χ2v) is 7.61. The normalized spacial score (nSPS) is 24.1. The Balaban J connectivity index is 1.80. The molecule has 1 aromatic heterocycles. The number of benzene rings is 1. The van der Waals surface area contributed by atoms with Crippen molar-refractivity contribution in [2.75, 3.05) is 5.32 Å². The fourth-order valence-electron chi connectivity index (χ4n) is 4.42. The van der Waals surface area contributed by atoms with E-state index in [4.69, 9.17) is 4.52 Å². The van der Waals surface area contributed by atoms with Gasteiger partial charge in [-0.3, -0.25) is 14.6 Å². The Hall–Kier alpha value is -3.45. The van der Waals surface area contributed by atoms with Gasteiger partial charge in [0.2, 0.25) is 5.27 Å². The monoisotopic (exact) mass is 374 g/mol. The van der Waals surface area contributed by atoms with Crippen molar-refractivity contribution in [3.8, 4) is 12.1 Å². The number of hydrogen-bond acceptors (Lipinski definition) is 5. The van der Waals surface area contributed by atoms with Crippen LogP contribution in [0.1, 0.15) is 48.3 Å². The summed E-state index contributed by atoms with van der Waals surface area (Å²) >= 11 is 0. The summed E-state index contributed by atoms with van der Waals surface area (Å²) in [4.78, 5) is 12.7. The van der Waals surface area contributed by atoms with Crippen LogP contribution in [-0.4, -0.2) is 11.2 Å². The first kappa shape index (κ1) is 17.9. The number of nitriles is 2. The Bertz CT molecular complexity index is 1010. The number of nitrogens with one attached hydrogen (secondary N) is 1. The number of fused-ring (bicyclic) bond motifs is 2. The van der Waals surface area contributed by atoms with Crippen molar-refractivity contribution in [2.24, 2.45) is 17.3 Å². The van der Waals surface area contributed by atoms with Crippen molar-refractivity contribution in [3.05, 3.63) is 53.7 Å². The minimum Gasteiger partial charge on any atom is -0.285 e. The summed E-state index contributed by atoms with van der Waals surface area (Å²) in [5.74, 6) is -0.653. The number of allylic oxidation sites excluding steroid dienone is 2. The molecule has 1 N–H and O–H groups in total. The van der Waals surface area contributed by atoms with Gasteiger partial charge in [0.1, 0.15) is 0 Å². The summed E-state index contributed by atoms with van der Waals surface area (Å²) in [7, 11) is 0. The molecule has 2 aromatic rings. The van der Waals surface area contributed by atoms with E-state index in [0.29, 0.717) is 11.3 Å². The largest absolute Gasteiger partial charge is 0.306 e. The van der Waals surface area contributed by atoms with E-state index in [0.717, 1.165) is 6.42 Å². The van der Waals surface area contributed by atoms with Crippen LogP contribution in [0.15, 0.2) is 47.0 Å². The van der Waals surface area contributed by atoms with Crippen molar-refractivity contribution in [1.29, 1.82) is 10.5 Å². The SMILES string of the molecule is CC(C)[n+]1noc(NC(=O)c2ccccc2)c1C1C2C=CC(C2)C1(C#N)C#N. The number of carbonyl (C=O) groups is 1. The quantitative estimate of drug-likeness (QED) is 0.654. The van der Waals surface area contributed by atoms with Crippen LogP contribution in [0.5, 0.6) is 0 Å². The van der Waals surface area contributed by atoms with E-state index in [2.05, 4.69) is 28.8 Å². The van der Waals surface area contributed by atoms with Crippen molar-refractivity contribution in [2.45, 2.75) is 32.2 Å². The molecule has 1 saturated carbocycles. The lowest BCUT2D eigenvalue weighted by Gasteiger charge is -2.27. The summed E-state index contributed by atoms with van der Waals surface area (Å²) in [6, 6.07) is 13.3. The molecule has 1 amide bonds. The number of nitrogens with zero attached hydrogens (tertiary/aromatic N) is 4. The second-order valence-electron chi connectivity index (χ2n) is 7.61. The maximum Gasteiger partial charge on any atom is 0.306 e. The van der Waals surface area contributed by atoms with Gasteiger partial charge in [-0.25, -0.2) is 0 Å². The Kier molecular flexibility index (Phi) is 4.24. The van der Waals surface area contributed by atoms with Gasteiger partial charge in [-0.15, -0.1) is 0 Å². The van der Waals surface area contributed by atoms with E-state index in [1.54, 1.807) is 28.9 Å². The Morgan fingerprint density at radius 3 is 2.64 bits per heavy atom. The van der Waals surface area contributed by atoms with Gasteiger partial charge >= 0.3 is 5.88 Å². The molecule has 140 valence electrons. The zero-order chi connectivity index (χ0) is 19.9. The predicted molar refractivity (Wildman–Crippen MR) is 98.6 cm³/mol. The van der Waals surface area contributed by atoms with Gasteiger partial charge in [0, 0.05) is 25.3 Å². The minimum absolute atomic E-state index is 0.0288. The fourth-order valence-corrected chi connectivity index (χ4v) is 4.42. The van der Waals surface area contributed by atoms with Crippen LogP contribution >= 0.6 is 0 Å². The summed E-state index contributed by atoms with van der Waals surface area (Å²) < 4.78 is 7.16. The summed E-state index contributed by atoms with van der Waals surface area (Å²) in [6.45, 7) is 3.89. The van der Waals surface area contributed by atoms with Gasteiger partial charge in [0.15, 0.2) is 11.5 Å². The summed E-state index contributed by atoms with van der Waals surface area (Å²) in [5.41, 5.74) is -0.117. The third-order valence-electron chi connectivity index (χ3n) is 5.74. The van der Waals surface area contributed by atoms with E-state index in [1.807, 2.05) is 26.0 Å². The first-order valence-corrected chi connectivity index (χ1v) is 9.30. The third-order valence-corrected chi connectivity index (χ3v) is 5.74. The van der Waals surface area contributed by atoms with Gasteiger partial charge in [-0.2, -0.15) is 10.5 Å². The topological polar surface area (TPSA) is 107 Å². The Morgan fingerprint density at radius 1 is 1.29 bits per heavy atom. The Morgan fingerprint density at radius 2 is 2.00 bits per heavy atom. The number of anilines is 1. The molecule has 1 aromatic carbocycles. The third kappa shape index (κ3) is 2.51.